The van der Waals surface area contributed by atoms with Crippen molar-refractivity contribution in [1.29, 1.82) is 0 Å². The molecule has 0 spiro atoms. The number of halogens is 1. The average Bonchev–Trinajstić information content (AvgIpc) is 3.51. The van der Waals surface area contributed by atoms with Gasteiger partial charge in [0.1, 0.15) is 0 Å². The van der Waals surface area contributed by atoms with E-state index in [0.717, 1.165) is 49.6 Å². The Hall–Kier alpha value is -1.84. The van der Waals surface area contributed by atoms with Gasteiger partial charge in [0.15, 0.2) is 0 Å². The number of nitrogens with zero attached hydrogens (tertiary/aromatic N) is 1. The predicted octanol–water partition coefficient (Wildman–Crippen LogP) is 4.71. The highest BCUT2D eigenvalue weighted by atomic mass is 35.5. The molecule has 28 heavy (non-hydrogen) atoms. The fourth-order valence-corrected chi connectivity index (χ4v) is 4.56. The third-order valence-electron chi connectivity index (χ3n) is 6.39. The monoisotopic (exact) mass is 396 g/mol. The number of carbonyl (C=O) groups excluding carboxylic acids is 1. The van der Waals surface area contributed by atoms with E-state index >= 15 is 0 Å². The maximum absolute atomic E-state index is 12.9. The van der Waals surface area contributed by atoms with E-state index in [4.69, 9.17) is 11.6 Å². The first-order valence-electron chi connectivity index (χ1n) is 10.4. The van der Waals surface area contributed by atoms with Gasteiger partial charge in [-0.25, -0.2) is 0 Å². The highest BCUT2D eigenvalue weighted by Gasteiger charge is 2.51. The minimum absolute atomic E-state index is 0.186. The van der Waals surface area contributed by atoms with Crippen LogP contribution >= 0.6 is 11.6 Å². The van der Waals surface area contributed by atoms with Gasteiger partial charge in [0.25, 0.3) is 0 Å². The van der Waals surface area contributed by atoms with E-state index in [1.165, 1.54) is 24.0 Å². The van der Waals surface area contributed by atoms with Crippen LogP contribution in [0, 0.1) is 12.8 Å². The number of hydrogen-bond acceptors (Lipinski definition) is 2. The van der Waals surface area contributed by atoms with Crippen molar-refractivity contribution in [3.63, 3.8) is 0 Å². The Kier molecular flexibility index (Phi) is 5.75. The largest absolute Gasteiger partial charge is 0.355 e. The molecule has 4 heteroatoms. The lowest BCUT2D eigenvalue weighted by molar-refractivity contribution is -0.123. The average molecular weight is 397 g/mol. The van der Waals surface area contributed by atoms with Gasteiger partial charge in [0.2, 0.25) is 5.91 Å². The van der Waals surface area contributed by atoms with Crippen LogP contribution in [0.15, 0.2) is 48.5 Å². The Morgan fingerprint density at radius 1 is 1.18 bits per heavy atom. The van der Waals surface area contributed by atoms with E-state index in [-0.39, 0.29) is 11.3 Å². The lowest BCUT2D eigenvalue weighted by Gasteiger charge is -2.33. The number of likely N-dealkylation sites (tertiary alicyclic amines) is 1. The number of piperidine rings is 1. The van der Waals surface area contributed by atoms with Crippen LogP contribution in [0.4, 0.5) is 0 Å². The van der Waals surface area contributed by atoms with Crippen LogP contribution in [0.2, 0.25) is 5.02 Å². The molecule has 3 nitrogen and oxygen atoms in total. The van der Waals surface area contributed by atoms with Crippen molar-refractivity contribution in [3.8, 4) is 0 Å². The van der Waals surface area contributed by atoms with Crippen LogP contribution in [0.25, 0.3) is 0 Å². The Balaban J connectivity index is 1.31. The normalized spacial score (nSPS) is 21.3. The summed E-state index contributed by atoms with van der Waals surface area (Å²) in [5, 5.41) is 3.98. The summed E-state index contributed by atoms with van der Waals surface area (Å²) in [5.41, 5.74) is 3.54. The summed E-state index contributed by atoms with van der Waals surface area (Å²) in [6.45, 7) is 6.17. The van der Waals surface area contributed by atoms with E-state index in [1.54, 1.807) is 0 Å². The molecule has 1 atom stereocenters. The molecule has 1 amide bonds. The summed E-state index contributed by atoms with van der Waals surface area (Å²) in [6.07, 6.45) is 4.27. The summed E-state index contributed by atoms with van der Waals surface area (Å²) in [7, 11) is 0. The quantitative estimate of drug-likeness (QED) is 0.766. The molecular formula is C24H29ClN2O. The lowest BCUT2D eigenvalue weighted by atomic mass is 9.93. The van der Waals surface area contributed by atoms with Gasteiger partial charge in [-0.15, -0.1) is 0 Å². The molecule has 2 fully saturated rings. The van der Waals surface area contributed by atoms with Gasteiger partial charge in [-0.3, -0.25) is 9.69 Å². The van der Waals surface area contributed by atoms with Crippen LogP contribution in [0.1, 0.15) is 42.4 Å². The first-order chi connectivity index (χ1) is 13.6. The van der Waals surface area contributed by atoms with Gasteiger partial charge in [0.05, 0.1) is 5.41 Å². The summed E-state index contributed by atoms with van der Waals surface area (Å²) in [5.74, 6) is 0.716. The number of nitrogens with one attached hydrogen (secondary N) is 1. The smallest absolute Gasteiger partial charge is 0.230 e. The predicted molar refractivity (Wildman–Crippen MR) is 115 cm³/mol. The third-order valence-corrected chi connectivity index (χ3v) is 6.64. The molecular weight excluding hydrogens is 368 g/mol. The summed E-state index contributed by atoms with van der Waals surface area (Å²) < 4.78 is 0. The van der Waals surface area contributed by atoms with Gasteiger partial charge in [0, 0.05) is 24.7 Å². The van der Waals surface area contributed by atoms with Gasteiger partial charge in [-0.05, 0) is 73.9 Å². The fourth-order valence-electron chi connectivity index (χ4n) is 4.44. The van der Waals surface area contributed by atoms with Crippen LogP contribution < -0.4 is 5.32 Å². The van der Waals surface area contributed by atoms with Gasteiger partial charge < -0.3 is 5.32 Å². The molecule has 2 aromatic carbocycles. The molecule has 1 saturated carbocycles. The van der Waals surface area contributed by atoms with E-state index in [1.807, 2.05) is 24.3 Å². The molecule has 1 aliphatic heterocycles. The molecule has 1 aliphatic carbocycles. The number of carbonyl (C=O) groups is 1. The van der Waals surface area contributed by atoms with E-state index < -0.39 is 0 Å². The molecule has 0 unspecified atom stereocenters. The number of rotatable bonds is 6. The Bertz CT molecular complexity index is 829. The van der Waals surface area contributed by atoms with Crippen molar-refractivity contribution in [1.82, 2.24) is 10.2 Å². The van der Waals surface area contributed by atoms with Crippen LogP contribution in [0.3, 0.4) is 0 Å². The molecule has 1 heterocycles. The highest BCUT2D eigenvalue weighted by molar-refractivity contribution is 6.30. The second-order valence-corrected chi connectivity index (χ2v) is 8.91. The second kappa shape index (κ2) is 8.26. The number of amides is 1. The zero-order chi connectivity index (χ0) is 19.6. The molecule has 1 N–H and O–H groups in total. The number of aryl methyl sites for hydroxylation is 1. The molecule has 0 radical (unpaired) electrons. The van der Waals surface area contributed by atoms with Crippen molar-refractivity contribution in [2.24, 2.45) is 5.92 Å². The Labute approximate surface area is 173 Å². The molecule has 148 valence electrons. The van der Waals surface area contributed by atoms with Crippen LogP contribution in [-0.2, 0) is 16.8 Å². The van der Waals surface area contributed by atoms with Crippen molar-refractivity contribution in [2.45, 2.75) is 44.6 Å². The van der Waals surface area contributed by atoms with Crippen molar-refractivity contribution < 1.29 is 4.79 Å². The minimum Gasteiger partial charge on any atom is -0.355 e. The maximum Gasteiger partial charge on any atom is 0.230 e. The molecule has 2 aliphatic rings. The minimum atomic E-state index is -0.319. The molecule has 1 saturated heterocycles. The SMILES string of the molecule is Cc1ccccc1CN1CCC[C@H](CNC(=O)C2(c3ccc(Cl)cc3)CC2)C1. The topological polar surface area (TPSA) is 32.3 Å². The van der Waals surface area contributed by atoms with E-state index in [0.29, 0.717) is 5.92 Å². The van der Waals surface area contributed by atoms with Crippen LogP contribution in [-0.4, -0.2) is 30.4 Å². The Morgan fingerprint density at radius 2 is 1.93 bits per heavy atom. The van der Waals surface area contributed by atoms with Gasteiger partial charge in [-0.2, -0.15) is 0 Å². The highest BCUT2D eigenvalue weighted by Crippen LogP contribution is 2.48. The van der Waals surface area contributed by atoms with E-state index in [9.17, 15) is 4.79 Å². The number of benzene rings is 2. The van der Waals surface area contributed by atoms with Crippen LogP contribution in [0.5, 0.6) is 0 Å². The zero-order valence-corrected chi connectivity index (χ0v) is 17.3. The molecule has 0 aromatic heterocycles. The maximum atomic E-state index is 12.9. The van der Waals surface area contributed by atoms with Crippen molar-refractivity contribution >= 4 is 17.5 Å². The zero-order valence-electron chi connectivity index (χ0n) is 16.6. The first kappa shape index (κ1) is 19.5. The first-order valence-corrected chi connectivity index (χ1v) is 10.8. The van der Waals surface area contributed by atoms with E-state index in [2.05, 4.69) is 41.4 Å². The summed E-state index contributed by atoms with van der Waals surface area (Å²) in [4.78, 5) is 15.5. The second-order valence-electron chi connectivity index (χ2n) is 8.47. The Morgan fingerprint density at radius 3 is 2.64 bits per heavy atom. The van der Waals surface area contributed by atoms with Crippen molar-refractivity contribution in [2.75, 3.05) is 19.6 Å². The number of hydrogen-bond donors (Lipinski definition) is 1. The molecule has 0 bridgehead atoms. The van der Waals surface area contributed by atoms with Gasteiger partial charge in [-0.1, -0.05) is 48.0 Å². The fraction of sp³-hybridized carbons (Fsp3) is 0.458. The standard InChI is InChI=1S/C24H29ClN2O/c1-18-5-2-3-7-20(18)17-27-14-4-6-19(16-27)15-26-23(28)24(12-13-24)21-8-10-22(25)11-9-21/h2-3,5,7-11,19H,4,6,12-17H2,1H3,(H,26,28)/t19-/m1/s1. The lowest BCUT2D eigenvalue weighted by Crippen LogP contribution is -2.43. The summed E-state index contributed by atoms with van der Waals surface area (Å²) in [6, 6.07) is 16.4. The third kappa shape index (κ3) is 4.26. The summed E-state index contributed by atoms with van der Waals surface area (Å²) >= 11 is 6.00. The van der Waals surface area contributed by atoms with Crippen molar-refractivity contribution in [3.05, 3.63) is 70.2 Å². The molecule has 4 rings (SSSR count). The molecule has 2 aromatic rings. The van der Waals surface area contributed by atoms with Gasteiger partial charge >= 0.3 is 0 Å².